The fraction of sp³-hybridized carbons (Fsp3) is 0.450. The van der Waals surface area contributed by atoms with Gasteiger partial charge in [-0.2, -0.15) is 16.1 Å². The number of amides is 1. The quantitative estimate of drug-likeness (QED) is 0.731. The zero-order chi connectivity index (χ0) is 20.3. The lowest BCUT2D eigenvalue weighted by molar-refractivity contribution is 0.0952. The lowest BCUT2D eigenvalue weighted by Crippen LogP contribution is -2.38. The van der Waals surface area contributed by atoms with E-state index in [-0.39, 0.29) is 15.7 Å². The van der Waals surface area contributed by atoms with E-state index < -0.39 is 10.0 Å². The zero-order valence-corrected chi connectivity index (χ0v) is 18.6. The molecule has 2 saturated heterocycles. The van der Waals surface area contributed by atoms with E-state index in [2.05, 4.69) is 22.3 Å². The van der Waals surface area contributed by atoms with Crippen molar-refractivity contribution in [2.75, 3.05) is 42.6 Å². The fourth-order valence-corrected chi connectivity index (χ4v) is 7.55. The van der Waals surface area contributed by atoms with E-state index in [1.165, 1.54) is 34.2 Å². The molecule has 0 radical (unpaired) electrons. The molecule has 2 aromatic rings. The van der Waals surface area contributed by atoms with Gasteiger partial charge in [-0.3, -0.25) is 4.79 Å². The van der Waals surface area contributed by atoms with Gasteiger partial charge in [0.15, 0.2) is 0 Å². The Kier molecular flexibility index (Phi) is 6.48. The summed E-state index contributed by atoms with van der Waals surface area (Å²) in [4.78, 5) is 15.5. The van der Waals surface area contributed by atoms with Crippen LogP contribution in [0.4, 0.5) is 5.69 Å². The van der Waals surface area contributed by atoms with Crippen LogP contribution in [0, 0.1) is 0 Å². The molecule has 1 N–H and O–H groups in total. The number of carbonyl (C=O) groups is 1. The first kappa shape index (κ1) is 20.7. The second kappa shape index (κ2) is 9.07. The van der Waals surface area contributed by atoms with Gasteiger partial charge >= 0.3 is 0 Å². The Hall–Kier alpha value is -1.55. The van der Waals surface area contributed by atoms with Gasteiger partial charge in [-0.15, -0.1) is 11.3 Å². The second-order valence-corrected chi connectivity index (χ2v) is 11.2. The molecule has 0 atom stereocenters. The maximum Gasteiger partial charge on any atom is 0.263 e. The van der Waals surface area contributed by atoms with E-state index in [1.54, 1.807) is 23.2 Å². The van der Waals surface area contributed by atoms with Crippen molar-refractivity contribution in [2.45, 2.75) is 24.3 Å². The molecule has 0 aliphatic carbocycles. The lowest BCUT2D eigenvalue weighted by atomic mass is 10.2. The van der Waals surface area contributed by atoms with Crippen LogP contribution in [0.2, 0.25) is 0 Å². The van der Waals surface area contributed by atoms with Crippen LogP contribution in [0.25, 0.3) is 0 Å². The predicted octanol–water partition coefficient (Wildman–Crippen LogP) is 3.02. The number of rotatable bonds is 6. The normalized spacial score (nSPS) is 18.1. The molecule has 0 bridgehead atoms. The number of hydrogen-bond acceptors (Lipinski definition) is 6. The van der Waals surface area contributed by atoms with Gasteiger partial charge in [-0.25, -0.2) is 8.42 Å². The van der Waals surface area contributed by atoms with Gasteiger partial charge in [-0.1, -0.05) is 12.1 Å². The van der Waals surface area contributed by atoms with Crippen molar-refractivity contribution in [3.05, 3.63) is 46.2 Å². The zero-order valence-electron chi connectivity index (χ0n) is 16.2. The number of hydrogen-bond donors (Lipinski definition) is 1. The Labute approximate surface area is 180 Å². The van der Waals surface area contributed by atoms with Crippen molar-refractivity contribution in [3.8, 4) is 0 Å². The second-order valence-electron chi connectivity index (χ2n) is 7.17. The molecule has 1 amide bonds. The largest absolute Gasteiger partial charge is 0.372 e. The molecule has 3 heterocycles. The molecule has 2 aliphatic rings. The summed E-state index contributed by atoms with van der Waals surface area (Å²) in [5.41, 5.74) is 2.21. The summed E-state index contributed by atoms with van der Waals surface area (Å²) in [6.07, 6.45) is 2.47. The Morgan fingerprint density at radius 3 is 2.38 bits per heavy atom. The summed E-state index contributed by atoms with van der Waals surface area (Å²) in [6, 6.07) is 9.75. The molecule has 0 saturated carbocycles. The highest BCUT2D eigenvalue weighted by Gasteiger charge is 2.31. The summed E-state index contributed by atoms with van der Waals surface area (Å²) < 4.78 is 27.4. The standard InChI is InChI=1S/C20H25N3O3S3/c24-20(21-15-16-3-5-17(6-4-16)22-8-1-2-9-22)19-18(7-12-28-19)29(25,26)23-10-13-27-14-11-23/h3-7,12H,1-2,8-11,13-15H2,(H,21,24). The molecule has 0 unspecified atom stereocenters. The molecular formula is C20H25N3O3S3. The first-order valence-corrected chi connectivity index (χ1v) is 13.3. The monoisotopic (exact) mass is 451 g/mol. The van der Waals surface area contributed by atoms with Crippen molar-refractivity contribution >= 4 is 44.7 Å². The van der Waals surface area contributed by atoms with Crippen LogP contribution in [0.5, 0.6) is 0 Å². The summed E-state index contributed by atoms with van der Waals surface area (Å²) >= 11 is 2.92. The van der Waals surface area contributed by atoms with Crippen molar-refractivity contribution in [1.29, 1.82) is 0 Å². The number of thioether (sulfide) groups is 1. The minimum Gasteiger partial charge on any atom is -0.372 e. The van der Waals surface area contributed by atoms with Gasteiger partial charge in [-0.05, 0) is 42.0 Å². The molecule has 4 rings (SSSR count). The SMILES string of the molecule is O=C(NCc1ccc(N2CCCC2)cc1)c1sccc1S(=O)(=O)N1CCSCC1. The number of nitrogens with one attached hydrogen (secondary N) is 1. The Bertz CT molecular complexity index is 945. The first-order chi connectivity index (χ1) is 14.1. The van der Waals surface area contributed by atoms with Crippen LogP contribution >= 0.6 is 23.1 Å². The lowest BCUT2D eigenvalue weighted by Gasteiger charge is -2.25. The van der Waals surface area contributed by atoms with Gasteiger partial charge in [0.05, 0.1) is 0 Å². The van der Waals surface area contributed by atoms with Crippen LogP contribution in [0.1, 0.15) is 28.1 Å². The summed E-state index contributed by atoms with van der Waals surface area (Å²) in [6.45, 7) is 3.56. The molecule has 2 aliphatic heterocycles. The van der Waals surface area contributed by atoms with Crippen molar-refractivity contribution in [1.82, 2.24) is 9.62 Å². The summed E-state index contributed by atoms with van der Waals surface area (Å²) in [5, 5.41) is 4.55. The third kappa shape index (κ3) is 4.63. The molecular weight excluding hydrogens is 426 g/mol. The maximum atomic E-state index is 12.9. The molecule has 2 fully saturated rings. The van der Waals surface area contributed by atoms with E-state index in [0.29, 0.717) is 19.6 Å². The number of sulfonamides is 1. The van der Waals surface area contributed by atoms with Crippen LogP contribution < -0.4 is 10.2 Å². The molecule has 156 valence electrons. The predicted molar refractivity (Wildman–Crippen MR) is 119 cm³/mol. The van der Waals surface area contributed by atoms with Gasteiger partial charge in [0.25, 0.3) is 5.91 Å². The molecule has 9 heteroatoms. The molecule has 29 heavy (non-hydrogen) atoms. The summed E-state index contributed by atoms with van der Waals surface area (Å²) in [5.74, 6) is 1.24. The number of nitrogens with zero attached hydrogens (tertiary/aromatic N) is 2. The highest BCUT2D eigenvalue weighted by Crippen LogP contribution is 2.27. The minimum atomic E-state index is -3.63. The highest BCUT2D eigenvalue weighted by atomic mass is 32.2. The van der Waals surface area contributed by atoms with Gasteiger partial charge in [0.1, 0.15) is 9.77 Å². The van der Waals surface area contributed by atoms with Crippen LogP contribution in [-0.2, 0) is 16.6 Å². The Morgan fingerprint density at radius 2 is 1.69 bits per heavy atom. The minimum absolute atomic E-state index is 0.122. The van der Waals surface area contributed by atoms with Gasteiger partial charge < -0.3 is 10.2 Å². The van der Waals surface area contributed by atoms with E-state index in [0.717, 1.165) is 30.2 Å². The third-order valence-electron chi connectivity index (χ3n) is 5.28. The Morgan fingerprint density at radius 1 is 1.00 bits per heavy atom. The van der Waals surface area contributed by atoms with E-state index in [1.807, 2.05) is 12.1 Å². The molecule has 0 spiro atoms. The number of benzene rings is 1. The van der Waals surface area contributed by atoms with Crippen molar-refractivity contribution < 1.29 is 13.2 Å². The van der Waals surface area contributed by atoms with Crippen LogP contribution in [0.3, 0.4) is 0 Å². The first-order valence-electron chi connectivity index (χ1n) is 9.83. The highest BCUT2D eigenvalue weighted by molar-refractivity contribution is 7.99. The Balaban J connectivity index is 1.41. The van der Waals surface area contributed by atoms with Crippen LogP contribution in [0.15, 0.2) is 40.6 Å². The molecule has 1 aromatic heterocycles. The molecule has 6 nitrogen and oxygen atoms in total. The van der Waals surface area contributed by atoms with E-state index in [9.17, 15) is 13.2 Å². The van der Waals surface area contributed by atoms with Gasteiger partial charge in [0.2, 0.25) is 10.0 Å². The smallest absolute Gasteiger partial charge is 0.263 e. The number of carbonyl (C=O) groups excluding carboxylic acids is 1. The fourth-order valence-electron chi connectivity index (χ4n) is 3.65. The number of anilines is 1. The third-order valence-corrected chi connectivity index (χ3v) is 9.21. The van der Waals surface area contributed by atoms with Crippen molar-refractivity contribution in [3.63, 3.8) is 0 Å². The molecule has 1 aromatic carbocycles. The maximum absolute atomic E-state index is 12.9. The van der Waals surface area contributed by atoms with E-state index >= 15 is 0 Å². The van der Waals surface area contributed by atoms with Gasteiger partial charge in [0, 0.05) is 49.9 Å². The van der Waals surface area contributed by atoms with Crippen LogP contribution in [-0.4, -0.2) is 56.3 Å². The van der Waals surface area contributed by atoms with E-state index in [4.69, 9.17) is 0 Å². The summed E-state index contributed by atoms with van der Waals surface area (Å²) in [7, 11) is -3.63. The average molecular weight is 452 g/mol. The topological polar surface area (TPSA) is 69.7 Å². The van der Waals surface area contributed by atoms with Crippen molar-refractivity contribution in [2.24, 2.45) is 0 Å². The number of thiophene rings is 1. The average Bonchev–Trinajstić information content (AvgIpc) is 3.45.